The average Bonchev–Trinajstić information content (AvgIpc) is 3.40. The first-order chi connectivity index (χ1) is 15.2. The molecule has 12 heteroatoms. The van der Waals surface area contributed by atoms with Crippen molar-refractivity contribution < 1.29 is 32.2 Å². The lowest BCUT2D eigenvalue weighted by atomic mass is 10.1. The first-order valence-electron chi connectivity index (χ1n) is 10.2. The average molecular weight is 451 g/mol. The number of ether oxygens (including phenoxy) is 2. The number of cyclic esters (lactones) is 1. The van der Waals surface area contributed by atoms with Crippen LogP contribution < -0.4 is 20.7 Å². The molecule has 1 aliphatic carbocycles. The number of hydrogen-bond acceptors (Lipinski definition) is 6. The number of carbonyl (C=O) groups is 2. The van der Waals surface area contributed by atoms with E-state index >= 15 is 0 Å². The second-order valence-corrected chi connectivity index (χ2v) is 8.04. The van der Waals surface area contributed by atoms with Crippen LogP contribution in [0.3, 0.4) is 0 Å². The lowest BCUT2D eigenvalue weighted by Gasteiger charge is -2.21. The van der Waals surface area contributed by atoms with E-state index in [0.717, 1.165) is 12.8 Å². The lowest BCUT2D eigenvalue weighted by molar-refractivity contribution is -0.147. The third-order valence-corrected chi connectivity index (χ3v) is 5.80. The van der Waals surface area contributed by atoms with Gasteiger partial charge in [-0.25, -0.2) is 14.7 Å². The number of alkyl halides is 3. The molecule has 32 heavy (non-hydrogen) atoms. The Morgan fingerprint density at radius 1 is 1.28 bits per heavy atom. The summed E-state index contributed by atoms with van der Waals surface area (Å²) in [6, 6.07) is 2.57. The number of fused-ring (bicyclic) bond motifs is 3. The van der Waals surface area contributed by atoms with Crippen LogP contribution in [0.2, 0.25) is 0 Å². The van der Waals surface area contributed by atoms with Gasteiger partial charge in [0.05, 0.1) is 12.1 Å². The molecule has 2 atom stereocenters. The van der Waals surface area contributed by atoms with Crippen LogP contribution in [0.5, 0.6) is 5.75 Å². The number of carbonyl (C=O) groups excluding carboxylic acids is 2. The van der Waals surface area contributed by atoms with Gasteiger partial charge in [0.2, 0.25) is 5.91 Å². The number of nitrogens with one attached hydrogen (secondary N) is 1. The zero-order valence-corrected chi connectivity index (χ0v) is 16.8. The third-order valence-electron chi connectivity index (χ3n) is 5.80. The highest BCUT2D eigenvalue weighted by Crippen LogP contribution is 2.39. The predicted molar refractivity (Wildman–Crippen MR) is 106 cm³/mol. The summed E-state index contributed by atoms with van der Waals surface area (Å²) in [5.74, 6) is 0.466. The molecule has 0 bridgehead atoms. The maximum Gasteiger partial charge on any atom is 0.416 e. The van der Waals surface area contributed by atoms with Gasteiger partial charge in [-0.2, -0.15) is 13.2 Å². The van der Waals surface area contributed by atoms with Gasteiger partial charge in [-0.1, -0.05) is 0 Å². The van der Waals surface area contributed by atoms with Crippen LogP contribution in [0.15, 0.2) is 24.4 Å². The van der Waals surface area contributed by atoms with Gasteiger partial charge >= 0.3 is 12.3 Å². The summed E-state index contributed by atoms with van der Waals surface area (Å²) in [5.41, 5.74) is 6.69. The van der Waals surface area contributed by atoms with Crippen LogP contribution >= 0.6 is 0 Å². The molecule has 0 radical (unpaired) electrons. The molecular formula is C20H20F3N5O4. The van der Waals surface area contributed by atoms with Gasteiger partial charge in [0.15, 0.2) is 11.9 Å². The molecule has 170 valence electrons. The monoisotopic (exact) mass is 451 g/mol. The van der Waals surface area contributed by atoms with E-state index in [1.807, 2.05) is 0 Å². The highest BCUT2D eigenvalue weighted by Gasteiger charge is 2.52. The van der Waals surface area contributed by atoms with Crippen molar-refractivity contribution in [3.63, 3.8) is 0 Å². The molecule has 2 amide bonds. The zero-order valence-electron chi connectivity index (χ0n) is 16.8. The molecule has 1 aromatic heterocycles. The molecule has 2 aliphatic heterocycles. The van der Waals surface area contributed by atoms with Gasteiger partial charge in [0.25, 0.3) is 0 Å². The second-order valence-electron chi connectivity index (χ2n) is 8.04. The van der Waals surface area contributed by atoms with Crippen LogP contribution in [0.4, 0.5) is 29.5 Å². The molecule has 2 fully saturated rings. The first-order valence-corrected chi connectivity index (χ1v) is 10.2. The van der Waals surface area contributed by atoms with Crippen LogP contribution in [-0.2, 0) is 16.1 Å². The minimum absolute atomic E-state index is 0.137. The van der Waals surface area contributed by atoms with E-state index in [-0.39, 0.29) is 18.3 Å². The number of benzene rings is 1. The van der Waals surface area contributed by atoms with E-state index in [2.05, 4.69) is 15.0 Å². The SMILES string of the molecule is NC(=O)[C@@H](Nc1ccc2c(c1)OCCn1cc(N3C(=O)OC[C@H]3C(F)(F)F)nc1-2)C1CC1. The number of nitrogens with two attached hydrogens (primary N) is 1. The van der Waals surface area contributed by atoms with Gasteiger partial charge in [-0.15, -0.1) is 0 Å². The fraction of sp³-hybridized carbons (Fsp3) is 0.450. The number of primary amides is 1. The van der Waals surface area contributed by atoms with Crippen molar-refractivity contribution in [2.24, 2.45) is 11.7 Å². The lowest BCUT2D eigenvalue weighted by Crippen LogP contribution is -2.44. The van der Waals surface area contributed by atoms with Gasteiger partial charge < -0.3 is 25.1 Å². The smallest absolute Gasteiger partial charge is 0.416 e. The van der Waals surface area contributed by atoms with Crippen molar-refractivity contribution in [3.05, 3.63) is 24.4 Å². The van der Waals surface area contributed by atoms with Crippen molar-refractivity contribution in [2.45, 2.75) is 37.6 Å². The minimum Gasteiger partial charge on any atom is -0.491 e. The number of amides is 2. The van der Waals surface area contributed by atoms with E-state index in [1.165, 1.54) is 6.20 Å². The van der Waals surface area contributed by atoms with Crippen molar-refractivity contribution in [3.8, 4) is 17.1 Å². The summed E-state index contributed by atoms with van der Waals surface area (Å²) in [4.78, 5) is 28.6. The third kappa shape index (κ3) is 3.59. The topological polar surface area (TPSA) is 112 Å². The largest absolute Gasteiger partial charge is 0.491 e. The molecular weight excluding hydrogens is 431 g/mol. The number of nitrogens with zero attached hydrogens (tertiary/aromatic N) is 3. The van der Waals surface area contributed by atoms with Crippen LogP contribution in [-0.4, -0.2) is 53.0 Å². The molecule has 0 unspecified atom stereocenters. The number of rotatable bonds is 5. The molecule has 3 N–H and O–H groups in total. The Kier molecular flexibility index (Phi) is 4.68. The number of imidazole rings is 1. The quantitative estimate of drug-likeness (QED) is 0.723. The maximum absolute atomic E-state index is 13.4. The summed E-state index contributed by atoms with van der Waals surface area (Å²) in [6.07, 6.45) is -2.48. The Labute approximate surface area is 180 Å². The van der Waals surface area contributed by atoms with Gasteiger partial charge in [0.1, 0.15) is 30.8 Å². The van der Waals surface area contributed by atoms with Crippen LogP contribution in [0, 0.1) is 5.92 Å². The van der Waals surface area contributed by atoms with E-state index in [4.69, 9.17) is 10.5 Å². The molecule has 2 aromatic rings. The minimum atomic E-state index is -4.65. The number of aromatic nitrogens is 2. The Hall–Kier alpha value is -3.44. The van der Waals surface area contributed by atoms with Crippen molar-refractivity contribution in [1.82, 2.24) is 9.55 Å². The molecule has 3 aliphatic rings. The zero-order chi connectivity index (χ0) is 22.6. The van der Waals surface area contributed by atoms with Crippen molar-refractivity contribution in [1.29, 1.82) is 0 Å². The van der Waals surface area contributed by atoms with Crippen LogP contribution in [0.1, 0.15) is 12.8 Å². The molecule has 3 heterocycles. The van der Waals surface area contributed by atoms with Crippen molar-refractivity contribution >= 4 is 23.5 Å². The number of anilines is 2. The number of hydrogen-bond donors (Lipinski definition) is 2. The first kappa shape index (κ1) is 20.5. The standard InChI is InChI=1S/C20H20F3N5O4/c21-20(22,23)14-9-32-19(30)28(14)15-8-27-5-6-31-13-7-11(3-4-12(13)18(27)26-15)25-16(17(24)29)10-1-2-10/h3-4,7-8,10,14,16,25H,1-2,5-6,9H2,(H2,24,29)/t14-,16-/m0/s1. The Morgan fingerprint density at radius 3 is 2.75 bits per heavy atom. The highest BCUT2D eigenvalue weighted by atomic mass is 19.4. The van der Waals surface area contributed by atoms with Crippen molar-refractivity contribution in [2.75, 3.05) is 23.4 Å². The van der Waals surface area contributed by atoms with Gasteiger partial charge in [-0.3, -0.25) is 4.79 Å². The molecule has 0 spiro atoms. The van der Waals surface area contributed by atoms with E-state index in [0.29, 0.717) is 34.3 Å². The summed E-state index contributed by atoms with van der Waals surface area (Å²) < 4.78 is 52.1. The van der Waals surface area contributed by atoms with Crippen LogP contribution in [0.25, 0.3) is 11.4 Å². The molecule has 9 nitrogen and oxygen atoms in total. The predicted octanol–water partition coefficient (Wildman–Crippen LogP) is 2.51. The van der Waals surface area contributed by atoms with E-state index < -0.39 is 36.9 Å². The second kappa shape index (κ2) is 7.31. The fourth-order valence-electron chi connectivity index (χ4n) is 4.02. The van der Waals surface area contributed by atoms with E-state index in [9.17, 15) is 22.8 Å². The molecule has 1 saturated carbocycles. The summed E-state index contributed by atoms with van der Waals surface area (Å²) in [6.45, 7) is -0.207. The maximum atomic E-state index is 13.4. The summed E-state index contributed by atoms with van der Waals surface area (Å²) >= 11 is 0. The van der Waals surface area contributed by atoms with Gasteiger partial charge in [-0.05, 0) is 30.9 Å². The Bertz CT molecular complexity index is 1080. The number of halogens is 3. The normalized spacial score (nSPS) is 21.2. The Morgan fingerprint density at radius 2 is 2.06 bits per heavy atom. The highest BCUT2D eigenvalue weighted by molar-refractivity contribution is 5.90. The van der Waals surface area contributed by atoms with Gasteiger partial charge in [0, 0.05) is 18.0 Å². The fourth-order valence-corrected chi connectivity index (χ4v) is 4.02. The molecule has 5 rings (SSSR count). The summed E-state index contributed by atoms with van der Waals surface area (Å²) in [5, 5.41) is 3.14. The molecule has 1 saturated heterocycles. The summed E-state index contributed by atoms with van der Waals surface area (Å²) in [7, 11) is 0. The molecule has 1 aromatic carbocycles. The van der Waals surface area contributed by atoms with E-state index in [1.54, 1.807) is 22.8 Å². The Balaban J connectivity index is 1.47.